The van der Waals surface area contributed by atoms with E-state index in [2.05, 4.69) is 0 Å². The number of likely N-dealkylation sites (tertiary alicyclic amines) is 1. The summed E-state index contributed by atoms with van der Waals surface area (Å²) in [5, 5.41) is -0.553. The van der Waals surface area contributed by atoms with Crippen LogP contribution in [-0.4, -0.2) is 43.6 Å². The number of hydrogen-bond acceptors (Lipinski definition) is 4. The summed E-state index contributed by atoms with van der Waals surface area (Å²) in [5.74, 6) is 0.627. The maximum atomic E-state index is 12.9. The van der Waals surface area contributed by atoms with Gasteiger partial charge in [-0.05, 0) is 50.7 Å². The SMILES string of the molecule is CC(C)S(=O)(=O)c1ccccc1C(=O)N1CC2CCC(N)C2C1.Cl. The summed E-state index contributed by atoms with van der Waals surface area (Å²) in [5.41, 5.74) is 6.41. The van der Waals surface area contributed by atoms with Gasteiger partial charge in [0.05, 0.1) is 15.7 Å². The zero-order valence-corrected chi connectivity index (χ0v) is 15.6. The van der Waals surface area contributed by atoms with Crippen molar-refractivity contribution in [3.8, 4) is 0 Å². The van der Waals surface area contributed by atoms with Crippen molar-refractivity contribution < 1.29 is 13.2 Å². The van der Waals surface area contributed by atoms with E-state index in [0.717, 1.165) is 12.8 Å². The minimum absolute atomic E-state index is 0. The molecule has 1 aliphatic heterocycles. The number of fused-ring (bicyclic) bond motifs is 1. The van der Waals surface area contributed by atoms with Crippen LogP contribution in [0.3, 0.4) is 0 Å². The number of carbonyl (C=O) groups excluding carboxylic acids is 1. The Morgan fingerprint density at radius 3 is 2.50 bits per heavy atom. The van der Waals surface area contributed by atoms with Crippen molar-refractivity contribution >= 4 is 28.2 Å². The maximum absolute atomic E-state index is 12.9. The highest BCUT2D eigenvalue weighted by Crippen LogP contribution is 2.38. The lowest BCUT2D eigenvalue weighted by Crippen LogP contribution is -2.34. The van der Waals surface area contributed by atoms with Gasteiger partial charge in [0.15, 0.2) is 9.84 Å². The van der Waals surface area contributed by atoms with Crippen molar-refractivity contribution in [2.24, 2.45) is 17.6 Å². The van der Waals surface area contributed by atoms with E-state index < -0.39 is 15.1 Å². The molecule has 0 radical (unpaired) electrons. The van der Waals surface area contributed by atoms with Crippen LogP contribution in [0.4, 0.5) is 0 Å². The maximum Gasteiger partial charge on any atom is 0.255 e. The van der Waals surface area contributed by atoms with Crippen LogP contribution in [-0.2, 0) is 9.84 Å². The third-order valence-corrected chi connectivity index (χ3v) is 7.45. The number of benzene rings is 1. The fourth-order valence-electron chi connectivity index (χ4n) is 3.79. The summed E-state index contributed by atoms with van der Waals surface area (Å²) in [6.07, 6.45) is 2.08. The molecule has 1 saturated heterocycles. The van der Waals surface area contributed by atoms with Gasteiger partial charge in [-0.1, -0.05) is 12.1 Å². The second kappa shape index (κ2) is 7.02. The average molecular weight is 373 g/mol. The Kier molecular flexibility index (Phi) is 5.62. The number of nitrogens with zero attached hydrogens (tertiary/aromatic N) is 1. The molecule has 2 N–H and O–H groups in total. The Morgan fingerprint density at radius 2 is 1.88 bits per heavy atom. The molecule has 3 rings (SSSR count). The first-order chi connectivity index (χ1) is 10.8. The molecule has 0 bridgehead atoms. The van der Waals surface area contributed by atoms with Gasteiger partial charge in [-0.15, -0.1) is 12.4 Å². The molecule has 1 saturated carbocycles. The number of sulfone groups is 1. The number of amides is 1. The van der Waals surface area contributed by atoms with E-state index in [1.165, 1.54) is 6.07 Å². The van der Waals surface area contributed by atoms with Crippen LogP contribution in [0, 0.1) is 11.8 Å². The largest absolute Gasteiger partial charge is 0.338 e. The lowest BCUT2D eigenvalue weighted by atomic mass is 9.98. The number of carbonyl (C=O) groups is 1. The van der Waals surface area contributed by atoms with Gasteiger partial charge in [0.1, 0.15) is 0 Å². The number of hydrogen-bond donors (Lipinski definition) is 1. The molecule has 24 heavy (non-hydrogen) atoms. The molecule has 3 unspecified atom stereocenters. The smallest absolute Gasteiger partial charge is 0.255 e. The van der Waals surface area contributed by atoms with Crippen LogP contribution in [0.1, 0.15) is 37.0 Å². The van der Waals surface area contributed by atoms with Crippen LogP contribution in [0.25, 0.3) is 0 Å². The molecule has 1 aromatic carbocycles. The van der Waals surface area contributed by atoms with Crippen molar-refractivity contribution in [2.75, 3.05) is 13.1 Å². The van der Waals surface area contributed by atoms with Crippen molar-refractivity contribution in [1.82, 2.24) is 4.90 Å². The molecule has 2 fully saturated rings. The fraction of sp³-hybridized carbons (Fsp3) is 0.588. The molecule has 7 heteroatoms. The molecule has 1 amide bonds. The van der Waals surface area contributed by atoms with Crippen LogP contribution >= 0.6 is 12.4 Å². The van der Waals surface area contributed by atoms with Gasteiger partial charge in [-0.25, -0.2) is 8.42 Å². The highest BCUT2D eigenvalue weighted by atomic mass is 35.5. The standard InChI is InChI=1S/C17H24N2O3S.ClH/c1-11(2)23(21,22)16-6-4-3-5-13(16)17(20)19-9-12-7-8-15(18)14(12)10-19;/h3-6,11-12,14-15H,7-10,18H2,1-2H3;1H. The predicted molar refractivity (Wildman–Crippen MR) is 96.1 cm³/mol. The predicted octanol–water partition coefficient (Wildman–Crippen LogP) is 2.10. The van der Waals surface area contributed by atoms with Crippen LogP contribution < -0.4 is 5.73 Å². The van der Waals surface area contributed by atoms with E-state index in [1.807, 2.05) is 0 Å². The van der Waals surface area contributed by atoms with Crippen LogP contribution in [0.2, 0.25) is 0 Å². The molecular formula is C17H25ClN2O3S. The van der Waals surface area contributed by atoms with E-state index in [4.69, 9.17) is 5.73 Å². The van der Waals surface area contributed by atoms with Gasteiger partial charge in [-0.2, -0.15) is 0 Å². The second-order valence-electron chi connectivity index (χ2n) is 6.97. The van der Waals surface area contributed by atoms with Crippen LogP contribution in [0.5, 0.6) is 0 Å². The lowest BCUT2D eigenvalue weighted by Gasteiger charge is -2.21. The molecule has 1 heterocycles. The Balaban J connectivity index is 0.00000208. The number of rotatable bonds is 3. The van der Waals surface area contributed by atoms with Crippen molar-refractivity contribution in [3.05, 3.63) is 29.8 Å². The van der Waals surface area contributed by atoms with Gasteiger partial charge >= 0.3 is 0 Å². The summed E-state index contributed by atoms with van der Waals surface area (Å²) in [6.45, 7) is 4.60. The lowest BCUT2D eigenvalue weighted by molar-refractivity contribution is 0.0775. The summed E-state index contributed by atoms with van der Waals surface area (Å²) < 4.78 is 25.1. The highest BCUT2D eigenvalue weighted by molar-refractivity contribution is 7.92. The molecule has 2 aliphatic rings. The number of halogens is 1. The van der Waals surface area contributed by atoms with Crippen molar-refractivity contribution in [2.45, 2.75) is 42.9 Å². The van der Waals surface area contributed by atoms with Crippen molar-refractivity contribution in [1.29, 1.82) is 0 Å². The molecule has 134 valence electrons. The molecule has 1 aliphatic carbocycles. The van der Waals surface area contributed by atoms with E-state index in [1.54, 1.807) is 36.9 Å². The summed E-state index contributed by atoms with van der Waals surface area (Å²) in [4.78, 5) is 14.8. The summed E-state index contributed by atoms with van der Waals surface area (Å²) in [6, 6.07) is 6.69. The normalized spacial score (nSPS) is 26.3. The molecule has 1 aromatic rings. The van der Waals surface area contributed by atoms with E-state index >= 15 is 0 Å². The minimum Gasteiger partial charge on any atom is -0.338 e. The number of nitrogens with two attached hydrogens (primary N) is 1. The van der Waals surface area contributed by atoms with Gasteiger partial charge < -0.3 is 10.6 Å². The first-order valence-electron chi connectivity index (χ1n) is 8.20. The summed E-state index contributed by atoms with van der Waals surface area (Å²) >= 11 is 0. The first-order valence-corrected chi connectivity index (χ1v) is 9.74. The Hall–Kier alpha value is -1.11. The zero-order chi connectivity index (χ0) is 16.8. The fourth-order valence-corrected chi connectivity index (χ4v) is 5.03. The topological polar surface area (TPSA) is 80.5 Å². The Bertz CT molecular complexity index is 720. The van der Waals surface area contributed by atoms with Gasteiger partial charge in [-0.3, -0.25) is 4.79 Å². The van der Waals surface area contributed by atoms with Gasteiger partial charge in [0, 0.05) is 19.1 Å². The van der Waals surface area contributed by atoms with Gasteiger partial charge in [0.25, 0.3) is 5.91 Å². The Labute approximate surface area is 149 Å². The minimum atomic E-state index is -3.48. The second-order valence-corrected chi connectivity index (χ2v) is 9.44. The van der Waals surface area contributed by atoms with Crippen molar-refractivity contribution in [3.63, 3.8) is 0 Å². The first kappa shape index (κ1) is 19.2. The molecule has 3 atom stereocenters. The van der Waals surface area contributed by atoms with Gasteiger partial charge in [0.2, 0.25) is 0 Å². The third kappa shape index (κ3) is 3.19. The molecule has 0 spiro atoms. The summed E-state index contributed by atoms with van der Waals surface area (Å²) in [7, 11) is -3.48. The quantitative estimate of drug-likeness (QED) is 0.881. The molecular weight excluding hydrogens is 348 g/mol. The van der Waals surface area contributed by atoms with Crippen LogP contribution in [0.15, 0.2) is 29.2 Å². The van der Waals surface area contributed by atoms with E-state index in [-0.39, 0.29) is 34.8 Å². The Morgan fingerprint density at radius 1 is 1.21 bits per heavy atom. The van der Waals surface area contributed by atoms with E-state index in [0.29, 0.717) is 24.9 Å². The molecule has 5 nitrogen and oxygen atoms in total. The van der Waals surface area contributed by atoms with E-state index in [9.17, 15) is 13.2 Å². The monoisotopic (exact) mass is 372 g/mol. The average Bonchev–Trinajstić information content (AvgIpc) is 3.09. The third-order valence-electron chi connectivity index (χ3n) is 5.24. The zero-order valence-electron chi connectivity index (χ0n) is 14.0. The highest BCUT2D eigenvalue weighted by Gasteiger charge is 2.43. The molecule has 0 aromatic heterocycles.